The highest BCUT2D eigenvalue weighted by Crippen LogP contribution is 2.36. The molecule has 192 valence electrons. The normalized spacial score (nSPS) is 17.8. The Morgan fingerprint density at radius 1 is 0.917 bits per heavy atom. The number of hydrogen-bond acceptors (Lipinski definition) is 5. The molecular formula is C26H32BFN2O6. The molecule has 0 aromatic heterocycles. The molecule has 0 bridgehead atoms. The molecule has 2 atom stereocenters. The summed E-state index contributed by atoms with van der Waals surface area (Å²) in [5.74, 6) is -2.82. The Hall–Kier alpha value is -3.24. The van der Waals surface area contributed by atoms with Crippen LogP contribution in [0.1, 0.15) is 45.7 Å². The SMILES string of the molecule is CC(=O)N[C@H](Cc1cccc(F)c1)C(=O)N[C@H](Cc1ccc(B2OC(C)(C)C(C)(C)O2)cc1)C(=O)O. The molecule has 0 unspecified atom stereocenters. The summed E-state index contributed by atoms with van der Waals surface area (Å²) in [5.41, 5.74) is 1.02. The van der Waals surface area contributed by atoms with Crippen molar-refractivity contribution in [1.82, 2.24) is 10.6 Å². The van der Waals surface area contributed by atoms with E-state index in [1.165, 1.54) is 25.1 Å². The molecule has 1 aliphatic heterocycles. The molecule has 0 spiro atoms. The van der Waals surface area contributed by atoms with Gasteiger partial charge in [-0.3, -0.25) is 9.59 Å². The van der Waals surface area contributed by atoms with Crippen LogP contribution in [0.25, 0.3) is 0 Å². The Morgan fingerprint density at radius 3 is 2.03 bits per heavy atom. The predicted octanol–water partition coefficient (Wildman–Crippen LogP) is 1.98. The van der Waals surface area contributed by atoms with E-state index in [-0.39, 0.29) is 12.8 Å². The van der Waals surface area contributed by atoms with Crippen molar-refractivity contribution in [2.45, 2.75) is 70.7 Å². The van der Waals surface area contributed by atoms with Crippen LogP contribution in [0, 0.1) is 5.82 Å². The highest BCUT2D eigenvalue weighted by Gasteiger charge is 2.51. The van der Waals surface area contributed by atoms with E-state index >= 15 is 0 Å². The third-order valence-electron chi connectivity index (χ3n) is 6.58. The van der Waals surface area contributed by atoms with Gasteiger partial charge in [0.15, 0.2) is 0 Å². The largest absolute Gasteiger partial charge is 0.494 e. The zero-order valence-electron chi connectivity index (χ0n) is 21.1. The van der Waals surface area contributed by atoms with Gasteiger partial charge in [-0.1, -0.05) is 36.4 Å². The Morgan fingerprint density at radius 2 is 1.50 bits per heavy atom. The molecule has 1 heterocycles. The molecule has 10 heteroatoms. The summed E-state index contributed by atoms with van der Waals surface area (Å²) in [5, 5.41) is 14.7. The van der Waals surface area contributed by atoms with E-state index in [1.54, 1.807) is 18.2 Å². The van der Waals surface area contributed by atoms with Crippen molar-refractivity contribution < 1.29 is 33.2 Å². The lowest BCUT2D eigenvalue weighted by Crippen LogP contribution is -2.52. The number of aliphatic carboxylic acids is 1. The maximum absolute atomic E-state index is 13.6. The quantitative estimate of drug-likeness (QED) is 0.456. The second kappa shape index (κ2) is 10.8. The lowest BCUT2D eigenvalue weighted by molar-refractivity contribution is -0.142. The van der Waals surface area contributed by atoms with Gasteiger partial charge in [0.25, 0.3) is 0 Å². The van der Waals surface area contributed by atoms with Crippen LogP contribution in [-0.4, -0.2) is 53.3 Å². The molecule has 3 rings (SSSR count). The van der Waals surface area contributed by atoms with Crippen LogP contribution >= 0.6 is 0 Å². The number of hydrogen-bond donors (Lipinski definition) is 3. The summed E-state index contributed by atoms with van der Waals surface area (Å²) in [6.07, 6.45) is 0.0375. The van der Waals surface area contributed by atoms with Gasteiger partial charge in [0.2, 0.25) is 11.8 Å². The summed E-state index contributed by atoms with van der Waals surface area (Å²) < 4.78 is 25.7. The molecule has 3 N–H and O–H groups in total. The number of halogens is 1. The van der Waals surface area contributed by atoms with Crippen molar-refractivity contribution in [2.75, 3.05) is 0 Å². The van der Waals surface area contributed by atoms with Gasteiger partial charge in [0.05, 0.1) is 11.2 Å². The number of carboxylic acids is 1. The van der Waals surface area contributed by atoms with Crippen molar-refractivity contribution in [3.05, 3.63) is 65.5 Å². The van der Waals surface area contributed by atoms with E-state index < -0.39 is 54.0 Å². The maximum Gasteiger partial charge on any atom is 0.494 e. The van der Waals surface area contributed by atoms with Crippen LogP contribution in [0.5, 0.6) is 0 Å². The zero-order chi connectivity index (χ0) is 26.7. The van der Waals surface area contributed by atoms with Crippen molar-refractivity contribution >= 4 is 30.4 Å². The first kappa shape index (κ1) is 27.4. The summed E-state index contributed by atoms with van der Waals surface area (Å²) in [6, 6.07) is 10.5. The van der Waals surface area contributed by atoms with Gasteiger partial charge in [-0.15, -0.1) is 0 Å². The average Bonchev–Trinajstić information content (AvgIpc) is 2.99. The number of carboxylic acid groups (broad SMARTS) is 1. The van der Waals surface area contributed by atoms with E-state index in [0.29, 0.717) is 11.1 Å². The third-order valence-corrected chi connectivity index (χ3v) is 6.58. The van der Waals surface area contributed by atoms with Crippen LogP contribution in [0.4, 0.5) is 4.39 Å². The topological polar surface area (TPSA) is 114 Å². The van der Waals surface area contributed by atoms with E-state index in [4.69, 9.17) is 9.31 Å². The number of benzene rings is 2. The Balaban J connectivity index is 1.69. The molecule has 2 amide bonds. The Kier molecular flexibility index (Phi) is 8.21. The fourth-order valence-electron chi connectivity index (χ4n) is 3.85. The van der Waals surface area contributed by atoms with E-state index in [0.717, 1.165) is 5.46 Å². The predicted molar refractivity (Wildman–Crippen MR) is 133 cm³/mol. The fourth-order valence-corrected chi connectivity index (χ4v) is 3.85. The number of carbonyl (C=O) groups is 3. The standard InChI is InChI=1S/C26H32BFN2O6/c1-16(31)29-21(15-18-7-6-8-20(28)13-18)23(32)30-22(24(33)34)14-17-9-11-19(12-10-17)27-35-25(2,3)26(4,5)36-27/h6-13,21-22H,14-15H2,1-5H3,(H,29,31)(H,30,32)(H,33,34)/t21-,22-/m1/s1. The number of nitrogens with one attached hydrogen (secondary N) is 2. The van der Waals surface area contributed by atoms with Crippen molar-refractivity contribution in [3.8, 4) is 0 Å². The molecule has 0 radical (unpaired) electrons. The first-order chi connectivity index (χ1) is 16.8. The molecule has 0 saturated carbocycles. The minimum absolute atomic E-state index is 0.0122. The van der Waals surface area contributed by atoms with Gasteiger partial charge in [-0.25, -0.2) is 9.18 Å². The van der Waals surface area contributed by atoms with Gasteiger partial charge < -0.3 is 25.0 Å². The average molecular weight is 498 g/mol. The number of amides is 2. The van der Waals surface area contributed by atoms with Gasteiger partial charge in [-0.2, -0.15) is 0 Å². The van der Waals surface area contributed by atoms with Crippen molar-refractivity contribution in [1.29, 1.82) is 0 Å². The summed E-state index contributed by atoms with van der Waals surface area (Å²) in [7, 11) is -0.541. The summed E-state index contributed by atoms with van der Waals surface area (Å²) in [4.78, 5) is 36.5. The molecular weight excluding hydrogens is 466 g/mol. The molecule has 1 saturated heterocycles. The monoisotopic (exact) mass is 498 g/mol. The lowest BCUT2D eigenvalue weighted by Gasteiger charge is -2.32. The van der Waals surface area contributed by atoms with E-state index in [1.807, 2.05) is 39.8 Å². The smallest absolute Gasteiger partial charge is 0.480 e. The second-order valence-electron chi connectivity index (χ2n) is 10.0. The fraction of sp³-hybridized carbons (Fsp3) is 0.423. The van der Waals surface area contributed by atoms with Crippen LogP contribution in [0.2, 0.25) is 0 Å². The molecule has 1 aliphatic rings. The van der Waals surface area contributed by atoms with Crippen molar-refractivity contribution in [3.63, 3.8) is 0 Å². The van der Waals surface area contributed by atoms with Gasteiger partial charge in [0.1, 0.15) is 17.9 Å². The molecule has 36 heavy (non-hydrogen) atoms. The highest BCUT2D eigenvalue weighted by molar-refractivity contribution is 6.62. The van der Waals surface area contributed by atoms with Crippen LogP contribution in [-0.2, 0) is 36.5 Å². The minimum atomic E-state index is -1.23. The molecule has 1 fully saturated rings. The molecule has 2 aromatic rings. The van der Waals surface area contributed by atoms with Gasteiger partial charge in [-0.05, 0) is 56.4 Å². The number of carbonyl (C=O) groups excluding carboxylic acids is 2. The first-order valence-corrected chi connectivity index (χ1v) is 11.8. The zero-order valence-corrected chi connectivity index (χ0v) is 21.1. The van der Waals surface area contributed by atoms with Gasteiger partial charge >= 0.3 is 13.1 Å². The summed E-state index contributed by atoms with van der Waals surface area (Å²) >= 11 is 0. The van der Waals surface area contributed by atoms with Gasteiger partial charge in [0, 0.05) is 19.8 Å². The molecule has 0 aliphatic carbocycles. The highest BCUT2D eigenvalue weighted by atomic mass is 19.1. The Bertz CT molecular complexity index is 1110. The lowest BCUT2D eigenvalue weighted by atomic mass is 9.78. The second-order valence-corrected chi connectivity index (χ2v) is 10.0. The molecule has 8 nitrogen and oxygen atoms in total. The van der Waals surface area contributed by atoms with Crippen LogP contribution in [0.3, 0.4) is 0 Å². The number of rotatable bonds is 9. The van der Waals surface area contributed by atoms with Crippen molar-refractivity contribution in [2.24, 2.45) is 0 Å². The molecule has 2 aromatic carbocycles. The van der Waals surface area contributed by atoms with E-state index in [2.05, 4.69) is 10.6 Å². The minimum Gasteiger partial charge on any atom is -0.480 e. The van der Waals surface area contributed by atoms with Crippen LogP contribution < -0.4 is 16.1 Å². The third kappa shape index (κ3) is 6.70. The Labute approximate surface area is 210 Å². The summed E-state index contributed by atoms with van der Waals surface area (Å²) in [6.45, 7) is 9.10. The van der Waals surface area contributed by atoms with E-state index in [9.17, 15) is 23.9 Å². The maximum atomic E-state index is 13.6. The van der Waals surface area contributed by atoms with Crippen LogP contribution in [0.15, 0.2) is 48.5 Å². The first-order valence-electron chi connectivity index (χ1n) is 11.8.